The first-order valence-corrected chi connectivity index (χ1v) is 6.29. The minimum Gasteiger partial charge on any atom is -0.345 e. The second-order valence-electron chi connectivity index (χ2n) is 5.48. The summed E-state index contributed by atoms with van der Waals surface area (Å²) in [5.74, 6) is -1.03. The maximum atomic E-state index is 11.9. The highest BCUT2D eigenvalue weighted by atomic mass is 16.2. The normalized spacial score (nSPS) is 11.1. The molecule has 0 saturated heterocycles. The number of ketones is 1. The Hall–Kier alpha value is -1.64. The van der Waals surface area contributed by atoms with Crippen molar-refractivity contribution in [3.05, 3.63) is 35.4 Å². The van der Waals surface area contributed by atoms with Crippen molar-refractivity contribution in [2.75, 3.05) is 0 Å². The third-order valence-electron chi connectivity index (χ3n) is 2.45. The molecule has 0 atom stereocenters. The van der Waals surface area contributed by atoms with E-state index >= 15 is 0 Å². The van der Waals surface area contributed by atoms with Crippen molar-refractivity contribution >= 4 is 11.7 Å². The highest BCUT2D eigenvalue weighted by Gasteiger charge is 2.21. The SMILES string of the molecule is CCCc1ccc(C(=O)C(=O)NC(C)(C)C)cc1. The first-order chi connectivity index (χ1) is 8.33. The molecule has 1 aromatic rings. The molecule has 0 heterocycles. The zero-order chi connectivity index (χ0) is 13.8. The van der Waals surface area contributed by atoms with Gasteiger partial charge >= 0.3 is 0 Å². The average molecular weight is 247 g/mol. The van der Waals surface area contributed by atoms with E-state index in [9.17, 15) is 9.59 Å². The van der Waals surface area contributed by atoms with Crippen LogP contribution in [0.3, 0.4) is 0 Å². The number of amides is 1. The fraction of sp³-hybridized carbons (Fsp3) is 0.467. The Kier molecular flexibility index (Phi) is 4.65. The first kappa shape index (κ1) is 14.4. The predicted octanol–water partition coefficient (Wildman–Crippen LogP) is 2.74. The number of nitrogens with one attached hydrogen (secondary N) is 1. The third-order valence-corrected chi connectivity index (χ3v) is 2.45. The van der Waals surface area contributed by atoms with Crippen LogP contribution in [0.25, 0.3) is 0 Å². The summed E-state index contributed by atoms with van der Waals surface area (Å²) in [5.41, 5.74) is 1.23. The summed E-state index contributed by atoms with van der Waals surface area (Å²) >= 11 is 0. The molecule has 0 aromatic heterocycles. The highest BCUT2D eigenvalue weighted by molar-refractivity contribution is 6.42. The van der Waals surface area contributed by atoms with E-state index in [2.05, 4.69) is 12.2 Å². The van der Waals surface area contributed by atoms with Gasteiger partial charge in [0.05, 0.1) is 0 Å². The molecule has 0 spiro atoms. The van der Waals surface area contributed by atoms with Gasteiger partial charge in [0.25, 0.3) is 5.91 Å². The summed E-state index contributed by atoms with van der Waals surface area (Å²) < 4.78 is 0. The van der Waals surface area contributed by atoms with Crippen LogP contribution in [0.4, 0.5) is 0 Å². The van der Waals surface area contributed by atoms with Gasteiger partial charge in [0.15, 0.2) is 0 Å². The van der Waals surface area contributed by atoms with E-state index in [4.69, 9.17) is 0 Å². The lowest BCUT2D eigenvalue weighted by Gasteiger charge is -2.19. The average Bonchev–Trinajstić information content (AvgIpc) is 2.27. The van der Waals surface area contributed by atoms with E-state index in [1.165, 1.54) is 5.56 Å². The van der Waals surface area contributed by atoms with Gasteiger partial charge in [-0.1, -0.05) is 37.6 Å². The molecule has 0 saturated carbocycles. The van der Waals surface area contributed by atoms with Gasteiger partial charge in [0.1, 0.15) is 0 Å². The Labute approximate surface area is 109 Å². The van der Waals surface area contributed by atoms with Gasteiger partial charge in [-0.25, -0.2) is 0 Å². The van der Waals surface area contributed by atoms with Gasteiger partial charge in [-0.05, 0) is 32.8 Å². The number of Topliss-reactive ketones (excluding diaryl/α,β-unsaturated/α-hetero) is 1. The van der Waals surface area contributed by atoms with E-state index in [0.717, 1.165) is 12.8 Å². The number of carbonyl (C=O) groups is 2. The smallest absolute Gasteiger partial charge is 0.292 e. The van der Waals surface area contributed by atoms with Crippen LogP contribution >= 0.6 is 0 Å². The monoisotopic (exact) mass is 247 g/mol. The fourth-order valence-electron chi connectivity index (χ4n) is 1.64. The number of carbonyl (C=O) groups excluding carboxylic acids is 2. The van der Waals surface area contributed by atoms with Crippen LogP contribution in [0.1, 0.15) is 50.0 Å². The maximum absolute atomic E-state index is 11.9. The van der Waals surface area contributed by atoms with E-state index in [-0.39, 0.29) is 0 Å². The van der Waals surface area contributed by atoms with Crippen LogP contribution in [-0.2, 0) is 11.2 Å². The van der Waals surface area contributed by atoms with Crippen molar-refractivity contribution < 1.29 is 9.59 Å². The molecule has 98 valence electrons. The molecule has 1 N–H and O–H groups in total. The van der Waals surface area contributed by atoms with Crippen LogP contribution in [0, 0.1) is 0 Å². The summed E-state index contributed by atoms with van der Waals surface area (Å²) in [5, 5.41) is 2.67. The standard InChI is InChI=1S/C15H21NO2/c1-5-6-11-7-9-12(10-8-11)13(17)14(18)16-15(2,3)4/h7-10H,5-6H2,1-4H3,(H,16,18). The number of aryl methyl sites for hydroxylation is 1. The molecule has 0 radical (unpaired) electrons. The van der Waals surface area contributed by atoms with Gasteiger partial charge in [-0.2, -0.15) is 0 Å². The molecule has 0 bridgehead atoms. The van der Waals surface area contributed by atoms with E-state index in [0.29, 0.717) is 5.56 Å². The number of benzene rings is 1. The minimum absolute atomic E-state index is 0.394. The molecule has 1 amide bonds. The second-order valence-corrected chi connectivity index (χ2v) is 5.48. The molecular weight excluding hydrogens is 226 g/mol. The minimum atomic E-state index is -0.550. The van der Waals surface area contributed by atoms with Gasteiger partial charge in [-0.3, -0.25) is 9.59 Å². The number of hydrogen-bond acceptors (Lipinski definition) is 2. The van der Waals surface area contributed by atoms with Crippen molar-refractivity contribution in [3.63, 3.8) is 0 Å². The van der Waals surface area contributed by atoms with Crippen LogP contribution in [0.15, 0.2) is 24.3 Å². The van der Waals surface area contributed by atoms with E-state index in [1.807, 2.05) is 32.9 Å². The van der Waals surface area contributed by atoms with E-state index in [1.54, 1.807) is 12.1 Å². The maximum Gasteiger partial charge on any atom is 0.292 e. The Morgan fingerprint density at radius 2 is 1.67 bits per heavy atom. The first-order valence-electron chi connectivity index (χ1n) is 6.29. The Balaban J connectivity index is 2.75. The predicted molar refractivity (Wildman–Crippen MR) is 72.7 cm³/mol. The summed E-state index contributed by atoms with van der Waals surface area (Å²) in [7, 11) is 0. The molecule has 0 fully saturated rings. The third kappa shape index (κ3) is 4.32. The summed E-state index contributed by atoms with van der Waals surface area (Å²) in [4.78, 5) is 23.6. The topological polar surface area (TPSA) is 46.2 Å². The van der Waals surface area contributed by atoms with Crippen molar-refractivity contribution in [3.8, 4) is 0 Å². The van der Waals surface area contributed by atoms with Gasteiger partial charge < -0.3 is 5.32 Å². The van der Waals surface area contributed by atoms with Crippen LogP contribution in [0.2, 0.25) is 0 Å². The molecule has 0 aliphatic rings. The Bertz CT molecular complexity index is 427. The van der Waals surface area contributed by atoms with Crippen LogP contribution in [0.5, 0.6) is 0 Å². The largest absolute Gasteiger partial charge is 0.345 e. The molecule has 0 unspecified atom stereocenters. The van der Waals surface area contributed by atoms with Crippen molar-refractivity contribution in [2.24, 2.45) is 0 Å². The highest BCUT2D eigenvalue weighted by Crippen LogP contribution is 2.08. The zero-order valence-electron chi connectivity index (χ0n) is 11.5. The number of rotatable bonds is 4. The van der Waals surface area contributed by atoms with Crippen LogP contribution in [-0.4, -0.2) is 17.2 Å². The molecule has 18 heavy (non-hydrogen) atoms. The molecule has 1 aromatic carbocycles. The fourth-order valence-corrected chi connectivity index (χ4v) is 1.64. The van der Waals surface area contributed by atoms with Crippen molar-refractivity contribution in [1.82, 2.24) is 5.32 Å². The van der Waals surface area contributed by atoms with Gasteiger partial charge in [0, 0.05) is 11.1 Å². The molecular formula is C15H21NO2. The lowest BCUT2D eigenvalue weighted by molar-refractivity contribution is -0.118. The molecule has 0 aliphatic carbocycles. The van der Waals surface area contributed by atoms with Crippen molar-refractivity contribution in [2.45, 2.75) is 46.1 Å². The van der Waals surface area contributed by atoms with Crippen LogP contribution < -0.4 is 5.32 Å². The zero-order valence-corrected chi connectivity index (χ0v) is 11.5. The number of hydrogen-bond donors (Lipinski definition) is 1. The Morgan fingerprint density at radius 3 is 2.11 bits per heavy atom. The summed E-state index contributed by atoms with van der Waals surface area (Å²) in [6.07, 6.45) is 2.06. The molecule has 1 rings (SSSR count). The Morgan fingerprint density at radius 1 is 1.11 bits per heavy atom. The van der Waals surface area contributed by atoms with Crippen molar-refractivity contribution in [1.29, 1.82) is 0 Å². The summed E-state index contributed by atoms with van der Waals surface area (Å²) in [6, 6.07) is 7.24. The van der Waals surface area contributed by atoms with E-state index < -0.39 is 17.2 Å². The lowest BCUT2D eigenvalue weighted by atomic mass is 10.0. The summed E-state index contributed by atoms with van der Waals surface area (Å²) in [6.45, 7) is 7.66. The molecule has 0 aliphatic heterocycles. The molecule has 3 nitrogen and oxygen atoms in total. The quantitative estimate of drug-likeness (QED) is 0.657. The molecule has 3 heteroatoms. The second kappa shape index (κ2) is 5.80. The van der Waals surface area contributed by atoms with Gasteiger partial charge in [0.2, 0.25) is 5.78 Å². The van der Waals surface area contributed by atoms with Gasteiger partial charge in [-0.15, -0.1) is 0 Å². The lowest BCUT2D eigenvalue weighted by Crippen LogP contribution is -2.44.